The molecule has 3 N–H and O–H groups in total. The Hall–Kier alpha value is -1.36. The molecule has 5 heteroatoms. The summed E-state index contributed by atoms with van der Waals surface area (Å²) in [5.41, 5.74) is 5.32. The van der Waals surface area contributed by atoms with Crippen molar-refractivity contribution in [3.05, 3.63) is 18.7 Å². The molecule has 1 heterocycles. The predicted octanol–water partition coefficient (Wildman–Crippen LogP) is 0.271. The molecular weight excluding hydrogens is 204 g/mol. The van der Waals surface area contributed by atoms with Gasteiger partial charge in [0, 0.05) is 25.5 Å². The lowest BCUT2D eigenvalue weighted by Gasteiger charge is -2.36. The Bertz CT molecular complexity index is 343. The van der Waals surface area contributed by atoms with E-state index in [2.05, 4.69) is 10.3 Å². The van der Waals surface area contributed by atoms with Gasteiger partial charge in [0.1, 0.15) is 0 Å². The molecule has 1 aromatic rings. The number of hydrogen-bond donors (Lipinski definition) is 2. The summed E-state index contributed by atoms with van der Waals surface area (Å²) in [7, 11) is 0. The van der Waals surface area contributed by atoms with Gasteiger partial charge in [0.2, 0.25) is 5.91 Å². The molecule has 0 atom stereocenters. The summed E-state index contributed by atoms with van der Waals surface area (Å²) < 4.78 is 1.99. The highest BCUT2D eigenvalue weighted by Gasteiger charge is 2.39. The van der Waals surface area contributed by atoms with Crippen LogP contribution in [-0.2, 0) is 11.3 Å². The fraction of sp³-hybridized carbons (Fsp3) is 0.636. The largest absolute Gasteiger partial charge is 0.354 e. The van der Waals surface area contributed by atoms with Crippen molar-refractivity contribution in [3.63, 3.8) is 0 Å². The fourth-order valence-corrected chi connectivity index (χ4v) is 1.84. The smallest absolute Gasteiger partial charge is 0.240 e. The number of carbonyl (C=O) groups excluding carboxylic acids is 1. The molecule has 5 nitrogen and oxygen atoms in total. The molecular formula is C11H18N4O. The van der Waals surface area contributed by atoms with Crippen molar-refractivity contribution in [2.24, 2.45) is 5.73 Å². The molecule has 0 spiro atoms. The Balaban J connectivity index is 1.63. The fourth-order valence-electron chi connectivity index (χ4n) is 1.84. The zero-order chi connectivity index (χ0) is 11.4. The zero-order valence-electron chi connectivity index (χ0n) is 9.35. The number of aromatic nitrogens is 2. The van der Waals surface area contributed by atoms with Gasteiger partial charge in [-0.05, 0) is 25.7 Å². The number of carbonyl (C=O) groups is 1. The molecule has 1 fully saturated rings. The third-order valence-electron chi connectivity index (χ3n) is 3.14. The van der Waals surface area contributed by atoms with E-state index in [4.69, 9.17) is 5.73 Å². The van der Waals surface area contributed by atoms with E-state index >= 15 is 0 Å². The summed E-state index contributed by atoms with van der Waals surface area (Å²) in [5.74, 6) is 0.00406. The van der Waals surface area contributed by atoms with Crippen LogP contribution < -0.4 is 11.1 Å². The molecule has 0 saturated heterocycles. The van der Waals surface area contributed by atoms with Crippen LogP contribution in [0.4, 0.5) is 0 Å². The van der Waals surface area contributed by atoms with Crippen molar-refractivity contribution in [2.75, 3.05) is 6.54 Å². The van der Waals surface area contributed by atoms with E-state index in [1.54, 1.807) is 12.5 Å². The van der Waals surface area contributed by atoms with E-state index in [1.807, 2.05) is 10.8 Å². The molecule has 0 radical (unpaired) electrons. The summed E-state index contributed by atoms with van der Waals surface area (Å²) in [6, 6.07) is 0. The number of amides is 1. The first-order chi connectivity index (χ1) is 7.71. The summed E-state index contributed by atoms with van der Waals surface area (Å²) in [6.07, 6.45) is 9.05. The molecule has 0 aliphatic heterocycles. The topological polar surface area (TPSA) is 72.9 Å². The quantitative estimate of drug-likeness (QED) is 0.702. The number of hydrogen-bond acceptors (Lipinski definition) is 3. The van der Waals surface area contributed by atoms with Crippen LogP contribution in [0.15, 0.2) is 18.7 Å². The van der Waals surface area contributed by atoms with Gasteiger partial charge in [-0.25, -0.2) is 4.98 Å². The molecule has 1 aliphatic carbocycles. The third-order valence-corrected chi connectivity index (χ3v) is 3.14. The van der Waals surface area contributed by atoms with Crippen LogP contribution in [-0.4, -0.2) is 27.5 Å². The normalized spacial score (nSPS) is 17.8. The molecule has 1 aromatic heterocycles. The number of imidazole rings is 1. The zero-order valence-corrected chi connectivity index (χ0v) is 9.35. The lowest BCUT2D eigenvalue weighted by atomic mass is 9.77. The monoisotopic (exact) mass is 222 g/mol. The molecule has 0 unspecified atom stereocenters. The van der Waals surface area contributed by atoms with Crippen molar-refractivity contribution >= 4 is 5.91 Å². The van der Waals surface area contributed by atoms with Gasteiger partial charge >= 0.3 is 0 Å². The van der Waals surface area contributed by atoms with Crippen LogP contribution >= 0.6 is 0 Å². The number of aryl methyl sites for hydroxylation is 1. The second-order valence-electron chi connectivity index (χ2n) is 4.42. The maximum atomic E-state index is 11.7. The van der Waals surface area contributed by atoms with Gasteiger partial charge in [-0.2, -0.15) is 0 Å². The molecule has 2 rings (SSSR count). The summed E-state index contributed by atoms with van der Waals surface area (Å²) >= 11 is 0. The molecule has 88 valence electrons. The van der Waals surface area contributed by atoms with Gasteiger partial charge < -0.3 is 15.6 Å². The number of nitrogens with zero attached hydrogens (tertiary/aromatic N) is 2. The predicted molar refractivity (Wildman–Crippen MR) is 60.6 cm³/mol. The van der Waals surface area contributed by atoms with Gasteiger partial charge in [0.25, 0.3) is 0 Å². The first kappa shape index (κ1) is 11.1. The van der Waals surface area contributed by atoms with E-state index in [0.717, 1.165) is 32.2 Å². The lowest BCUT2D eigenvalue weighted by Crippen LogP contribution is -2.58. The molecule has 1 amide bonds. The summed E-state index contributed by atoms with van der Waals surface area (Å²) in [5, 5.41) is 2.89. The van der Waals surface area contributed by atoms with Crippen LogP contribution in [0.3, 0.4) is 0 Å². The van der Waals surface area contributed by atoms with Crippen molar-refractivity contribution < 1.29 is 4.79 Å². The third kappa shape index (κ3) is 2.41. The maximum Gasteiger partial charge on any atom is 0.240 e. The van der Waals surface area contributed by atoms with Gasteiger partial charge in [0.05, 0.1) is 11.9 Å². The average molecular weight is 222 g/mol. The van der Waals surface area contributed by atoms with Crippen molar-refractivity contribution in [1.29, 1.82) is 0 Å². The Morgan fingerprint density at radius 2 is 2.38 bits per heavy atom. The van der Waals surface area contributed by atoms with E-state index < -0.39 is 5.54 Å². The van der Waals surface area contributed by atoms with E-state index in [9.17, 15) is 4.79 Å². The number of nitrogens with one attached hydrogen (secondary N) is 1. The van der Waals surface area contributed by atoms with Gasteiger partial charge in [-0.1, -0.05) is 0 Å². The minimum atomic E-state index is -0.574. The summed E-state index contributed by atoms with van der Waals surface area (Å²) in [6.45, 7) is 1.55. The van der Waals surface area contributed by atoms with Crippen LogP contribution in [0, 0.1) is 0 Å². The number of nitrogens with two attached hydrogens (primary N) is 1. The van der Waals surface area contributed by atoms with E-state index in [1.165, 1.54) is 0 Å². The van der Waals surface area contributed by atoms with Crippen molar-refractivity contribution in [2.45, 2.75) is 37.8 Å². The average Bonchev–Trinajstić information content (AvgIpc) is 2.73. The highest BCUT2D eigenvalue weighted by molar-refractivity contribution is 5.86. The highest BCUT2D eigenvalue weighted by Crippen LogP contribution is 2.28. The molecule has 0 bridgehead atoms. The summed E-state index contributed by atoms with van der Waals surface area (Å²) in [4.78, 5) is 15.6. The highest BCUT2D eigenvalue weighted by atomic mass is 16.2. The minimum Gasteiger partial charge on any atom is -0.354 e. The molecule has 0 aromatic carbocycles. The van der Waals surface area contributed by atoms with E-state index in [-0.39, 0.29) is 5.91 Å². The second-order valence-corrected chi connectivity index (χ2v) is 4.42. The van der Waals surface area contributed by atoms with Gasteiger partial charge in [-0.15, -0.1) is 0 Å². The van der Waals surface area contributed by atoms with E-state index in [0.29, 0.717) is 6.54 Å². The van der Waals surface area contributed by atoms with Crippen molar-refractivity contribution in [3.8, 4) is 0 Å². The standard InChI is InChI=1S/C11H18N4O/c12-11(3-1-4-11)10(16)14-5-2-7-15-8-6-13-9-15/h6,8-9H,1-5,7,12H2,(H,14,16). The Labute approximate surface area is 95.0 Å². The number of rotatable bonds is 5. The van der Waals surface area contributed by atoms with Crippen LogP contribution in [0.25, 0.3) is 0 Å². The van der Waals surface area contributed by atoms with Crippen LogP contribution in [0.2, 0.25) is 0 Å². The Kier molecular flexibility index (Phi) is 3.24. The second kappa shape index (κ2) is 4.65. The van der Waals surface area contributed by atoms with Crippen LogP contribution in [0.1, 0.15) is 25.7 Å². The molecule has 16 heavy (non-hydrogen) atoms. The minimum absolute atomic E-state index is 0.00406. The molecule has 1 aliphatic rings. The molecule has 1 saturated carbocycles. The lowest BCUT2D eigenvalue weighted by molar-refractivity contribution is -0.129. The van der Waals surface area contributed by atoms with Crippen LogP contribution in [0.5, 0.6) is 0 Å². The Morgan fingerprint density at radius 1 is 1.56 bits per heavy atom. The van der Waals surface area contributed by atoms with Gasteiger partial charge in [-0.3, -0.25) is 4.79 Å². The Morgan fingerprint density at radius 3 is 2.94 bits per heavy atom. The van der Waals surface area contributed by atoms with Crippen molar-refractivity contribution in [1.82, 2.24) is 14.9 Å². The SMILES string of the molecule is NC1(C(=O)NCCCn2ccnc2)CCC1. The first-order valence-electron chi connectivity index (χ1n) is 5.74. The first-order valence-corrected chi connectivity index (χ1v) is 5.74. The maximum absolute atomic E-state index is 11.7. The van der Waals surface area contributed by atoms with Gasteiger partial charge in [0.15, 0.2) is 0 Å².